The van der Waals surface area contributed by atoms with E-state index in [-0.39, 0.29) is 5.91 Å². The molecule has 1 fully saturated rings. The van der Waals surface area contributed by atoms with Gasteiger partial charge in [0.05, 0.1) is 0 Å². The second-order valence-electron chi connectivity index (χ2n) is 6.93. The van der Waals surface area contributed by atoms with Crippen molar-refractivity contribution in [3.05, 3.63) is 29.3 Å². The lowest BCUT2D eigenvalue weighted by molar-refractivity contribution is -0.127. The minimum absolute atomic E-state index is 0.00423. The zero-order valence-corrected chi connectivity index (χ0v) is 15.5. The average Bonchev–Trinajstić information content (AvgIpc) is 3.12. The first-order valence-electron chi connectivity index (χ1n) is 9.41. The summed E-state index contributed by atoms with van der Waals surface area (Å²) in [5.41, 5.74) is 2.69. The van der Waals surface area contributed by atoms with Crippen molar-refractivity contribution in [2.45, 2.75) is 69.6 Å². The normalized spacial score (nSPS) is 18.9. The molecular formula is C20H29NO2S. The summed E-state index contributed by atoms with van der Waals surface area (Å²) in [7, 11) is 0. The smallest absolute Gasteiger partial charge is 0.260 e. The minimum atomic E-state index is -0.435. The molecule has 0 saturated heterocycles. The van der Waals surface area contributed by atoms with Crippen LogP contribution in [0.25, 0.3) is 0 Å². The summed E-state index contributed by atoms with van der Waals surface area (Å²) in [6.45, 7) is 2.59. The second-order valence-corrected chi connectivity index (χ2v) is 8.34. The van der Waals surface area contributed by atoms with Crippen LogP contribution in [0.4, 0.5) is 0 Å². The van der Waals surface area contributed by atoms with E-state index in [4.69, 9.17) is 4.74 Å². The Morgan fingerprint density at radius 3 is 2.88 bits per heavy atom. The third-order valence-corrected chi connectivity index (χ3v) is 6.47. The van der Waals surface area contributed by atoms with Crippen molar-refractivity contribution in [1.82, 2.24) is 5.32 Å². The van der Waals surface area contributed by atoms with Crippen LogP contribution in [0.3, 0.4) is 0 Å². The predicted octanol–water partition coefficient (Wildman–Crippen LogP) is 4.12. The van der Waals surface area contributed by atoms with Gasteiger partial charge in [-0.2, -0.15) is 11.8 Å². The minimum Gasteiger partial charge on any atom is -0.481 e. The molecule has 1 atom stereocenters. The van der Waals surface area contributed by atoms with E-state index in [1.54, 1.807) is 0 Å². The maximum Gasteiger partial charge on any atom is 0.260 e. The number of aryl methyl sites for hydroxylation is 1. The Labute approximate surface area is 149 Å². The van der Waals surface area contributed by atoms with Crippen molar-refractivity contribution in [3.8, 4) is 5.75 Å². The molecule has 0 spiro atoms. The van der Waals surface area contributed by atoms with Gasteiger partial charge < -0.3 is 10.1 Å². The van der Waals surface area contributed by atoms with Crippen molar-refractivity contribution >= 4 is 17.7 Å². The number of ether oxygens (including phenoxy) is 1. The van der Waals surface area contributed by atoms with Gasteiger partial charge >= 0.3 is 0 Å². The molecule has 132 valence electrons. The molecule has 0 aliphatic heterocycles. The summed E-state index contributed by atoms with van der Waals surface area (Å²) >= 11 is 2.00. The Morgan fingerprint density at radius 1 is 1.25 bits per heavy atom. The standard InChI is InChI=1S/C20H29NO2S/c1-15(20(22)21-13-14-24-17-9-3-4-10-17)23-19-12-6-8-16-7-2-5-11-18(16)19/h6,8,12,15,17H,2-5,7,9-11,13-14H2,1H3,(H,21,22)/t15-/m0/s1. The first-order valence-corrected chi connectivity index (χ1v) is 10.5. The molecule has 0 heterocycles. The molecule has 3 rings (SSSR count). The van der Waals surface area contributed by atoms with Crippen LogP contribution in [0.5, 0.6) is 5.75 Å². The van der Waals surface area contributed by atoms with Crippen LogP contribution in [0.1, 0.15) is 56.6 Å². The lowest BCUT2D eigenvalue weighted by atomic mass is 9.91. The molecule has 2 aliphatic rings. The highest BCUT2D eigenvalue weighted by Gasteiger charge is 2.19. The van der Waals surface area contributed by atoms with E-state index in [9.17, 15) is 4.79 Å². The number of amides is 1. The van der Waals surface area contributed by atoms with E-state index < -0.39 is 6.10 Å². The Morgan fingerprint density at radius 2 is 2.04 bits per heavy atom. The molecule has 1 aromatic carbocycles. The summed E-state index contributed by atoms with van der Waals surface area (Å²) in [6.07, 6.45) is 9.66. The number of hydrogen-bond acceptors (Lipinski definition) is 3. The number of benzene rings is 1. The van der Waals surface area contributed by atoms with Crippen LogP contribution >= 0.6 is 11.8 Å². The number of carbonyl (C=O) groups is 1. The molecule has 3 nitrogen and oxygen atoms in total. The van der Waals surface area contributed by atoms with Crippen LogP contribution in [0, 0.1) is 0 Å². The quantitative estimate of drug-likeness (QED) is 0.754. The van der Waals surface area contributed by atoms with Gasteiger partial charge in [-0.05, 0) is 62.6 Å². The Hall–Kier alpha value is -1.16. The first kappa shape index (κ1) is 17.7. The number of hydrogen-bond donors (Lipinski definition) is 1. The van der Waals surface area contributed by atoms with E-state index in [0.29, 0.717) is 0 Å². The fraction of sp³-hybridized carbons (Fsp3) is 0.650. The Kier molecular flexibility index (Phi) is 6.47. The molecule has 0 aromatic heterocycles. The lowest BCUT2D eigenvalue weighted by Crippen LogP contribution is -2.37. The average molecular weight is 348 g/mol. The Bertz CT molecular complexity index is 555. The zero-order chi connectivity index (χ0) is 16.8. The van der Waals surface area contributed by atoms with E-state index in [0.717, 1.165) is 36.1 Å². The molecule has 0 bridgehead atoms. The molecule has 1 amide bonds. The van der Waals surface area contributed by atoms with Crippen molar-refractivity contribution < 1.29 is 9.53 Å². The monoisotopic (exact) mass is 347 g/mol. The second kappa shape index (κ2) is 8.80. The largest absolute Gasteiger partial charge is 0.481 e. The van der Waals surface area contributed by atoms with Crippen molar-refractivity contribution in [3.63, 3.8) is 0 Å². The van der Waals surface area contributed by atoms with Crippen molar-refractivity contribution in [2.75, 3.05) is 12.3 Å². The number of rotatable bonds is 7. The van der Waals surface area contributed by atoms with Gasteiger partial charge in [0.25, 0.3) is 5.91 Å². The summed E-state index contributed by atoms with van der Waals surface area (Å²) in [6, 6.07) is 6.23. The highest BCUT2D eigenvalue weighted by Crippen LogP contribution is 2.30. The van der Waals surface area contributed by atoms with Crippen LogP contribution in [-0.2, 0) is 17.6 Å². The third-order valence-electron chi connectivity index (χ3n) is 5.08. The van der Waals surface area contributed by atoms with Gasteiger partial charge in [-0.1, -0.05) is 25.0 Å². The number of thioether (sulfide) groups is 1. The van der Waals surface area contributed by atoms with Gasteiger partial charge in [0.2, 0.25) is 0 Å². The highest BCUT2D eigenvalue weighted by atomic mass is 32.2. The maximum absolute atomic E-state index is 12.3. The lowest BCUT2D eigenvalue weighted by Gasteiger charge is -2.22. The fourth-order valence-corrected chi connectivity index (χ4v) is 4.92. The van der Waals surface area contributed by atoms with Gasteiger partial charge in [-0.3, -0.25) is 4.79 Å². The molecule has 2 aliphatic carbocycles. The van der Waals surface area contributed by atoms with Crippen LogP contribution in [0.15, 0.2) is 18.2 Å². The highest BCUT2D eigenvalue weighted by molar-refractivity contribution is 7.99. The number of nitrogens with one attached hydrogen (secondary N) is 1. The molecule has 4 heteroatoms. The zero-order valence-electron chi connectivity index (χ0n) is 14.7. The topological polar surface area (TPSA) is 38.3 Å². The van der Waals surface area contributed by atoms with Gasteiger partial charge in [0.1, 0.15) is 5.75 Å². The van der Waals surface area contributed by atoms with Gasteiger partial charge in [-0.15, -0.1) is 0 Å². The van der Waals surface area contributed by atoms with Crippen molar-refractivity contribution in [1.29, 1.82) is 0 Å². The molecule has 1 N–H and O–H groups in total. The van der Waals surface area contributed by atoms with Gasteiger partial charge in [0, 0.05) is 17.5 Å². The summed E-state index contributed by atoms with van der Waals surface area (Å²) in [5.74, 6) is 1.90. The van der Waals surface area contributed by atoms with Crippen LogP contribution in [-0.4, -0.2) is 29.6 Å². The summed E-state index contributed by atoms with van der Waals surface area (Å²) in [4.78, 5) is 12.3. The SMILES string of the molecule is C[C@H](Oc1cccc2c1CCCC2)C(=O)NCCSC1CCCC1. The van der Waals surface area contributed by atoms with Crippen LogP contribution in [0.2, 0.25) is 0 Å². The number of fused-ring (bicyclic) bond motifs is 1. The molecule has 0 unspecified atom stereocenters. The van der Waals surface area contributed by atoms with Crippen molar-refractivity contribution in [2.24, 2.45) is 0 Å². The third kappa shape index (κ3) is 4.69. The van der Waals surface area contributed by atoms with E-state index in [1.165, 1.54) is 49.7 Å². The molecular weight excluding hydrogens is 318 g/mol. The van der Waals surface area contributed by atoms with Crippen LogP contribution < -0.4 is 10.1 Å². The fourth-order valence-electron chi connectivity index (χ4n) is 3.70. The predicted molar refractivity (Wildman–Crippen MR) is 101 cm³/mol. The van der Waals surface area contributed by atoms with Gasteiger partial charge in [0.15, 0.2) is 6.10 Å². The molecule has 1 aromatic rings. The first-order chi connectivity index (χ1) is 11.7. The van der Waals surface area contributed by atoms with E-state index in [2.05, 4.69) is 11.4 Å². The Balaban J connectivity index is 1.44. The summed E-state index contributed by atoms with van der Waals surface area (Å²) < 4.78 is 5.99. The summed E-state index contributed by atoms with van der Waals surface area (Å²) in [5, 5.41) is 3.83. The molecule has 1 saturated carbocycles. The maximum atomic E-state index is 12.3. The van der Waals surface area contributed by atoms with E-state index in [1.807, 2.05) is 30.8 Å². The number of carbonyl (C=O) groups excluding carboxylic acids is 1. The molecule has 0 radical (unpaired) electrons. The van der Waals surface area contributed by atoms with E-state index >= 15 is 0 Å². The van der Waals surface area contributed by atoms with Gasteiger partial charge in [-0.25, -0.2) is 0 Å². The molecule has 24 heavy (non-hydrogen) atoms.